The number of rotatable bonds is 4. The standard InChI is InChI=1S/C11H10FNO3/c1-7(11(14)15)16-6-8-2-3-10(12)4-9(8)5-13/h2-4,7H,6H2,1H3,(H,14,15)/t7-/m0/s1. The summed E-state index contributed by atoms with van der Waals surface area (Å²) in [6.45, 7) is 1.36. The van der Waals surface area contributed by atoms with Gasteiger partial charge >= 0.3 is 5.97 Å². The molecule has 1 N–H and O–H groups in total. The van der Waals surface area contributed by atoms with E-state index in [-0.39, 0.29) is 12.2 Å². The van der Waals surface area contributed by atoms with Gasteiger partial charge in [0.2, 0.25) is 0 Å². The Morgan fingerprint density at radius 3 is 2.94 bits per heavy atom. The maximum Gasteiger partial charge on any atom is 0.332 e. The van der Waals surface area contributed by atoms with Crippen LogP contribution in [0, 0.1) is 17.1 Å². The third-order valence-corrected chi connectivity index (χ3v) is 2.03. The Morgan fingerprint density at radius 1 is 1.69 bits per heavy atom. The van der Waals surface area contributed by atoms with Gasteiger partial charge in [-0.2, -0.15) is 5.26 Å². The van der Waals surface area contributed by atoms with Crippen LogP contribution in [0.2, 0.25) is 0 Å². The first-order valence-electron chi connectivity index (χ1n) is 4.57. The highest BCUT2D eigenvalue weighted by Crippen LogP contribution is 2.12. The number of hydrogen-bond acceptors (Lipinski definition) is 3. The molecule has 16 heavy (non-hydrogen) atoms. The van der Waals surface area contributed by atoms with Gasteiger partial charge < -0.3 is 9.84 Å². The second-order valence-corrected chi connectivity index (χ2v) is 3.20. The number of ether oxygens (including phenoxy) is 1. The van der Waals surface area contributed by atoms with Crippen LogP contribution < -0.4 is 0 Å². The van der Waals surface area contributed by atoms with Gasteiger partial charge in [-0.1, -0.05) is 6.07 Å². The number of carbonyl (C=O) groups is 1. The minimum absolute atomic E-state index is 0.0311. The number of aliphatic carboxylic acids is 1. The van der Waals surface area contributed by atoms with Gasteiger partial charge in [0, 0.05) is 0 Å². The van der Waals surface area contributed by atoms with Crippen LogP contribution in [0.15, 0.2) is 18.2 Å². The van der Waals surface area contributed by atoms with Crippen molar-refractivity contribution in [3.05, 3.63) is 35.1 Å². The van der Waals surface area contributed by atoms with Crippen molar-refractivity contribution in [3.8, 4) is 6.07 Å². The van der Waals surface area contributed by atoms with Gasteiger partial charge in [-0.25, -0.2) is 9.18 Å². The van der Waals surface area contributed by atoms with E-state index in [0.29, 0.717) is 5.56 Å². The highest BCUT2D eigenvalue weighted by Gasteiger charge is 2.12. The molecule has 0 spiro atoms. The smallest absolute Gasteiger partial charge is 0.332 e. The summed E-state index contributed by atoms with van der Waals surface area (Å²) >= 11 is 0. The van der Waals surface area contributed by atoms with E-state index >= 15 is 0 Å². The molecule has 0 aliphatic rings. The third kappa shape index (κ3) is 3.04. The SMILES string of the molecule is C[C@H](OCc1ccc(F)cc1C#N)C(=O)O. The topological polar surface area (TPSA) is 70.3 Å². The van der Waals surface area contributed by atoms with E-state index in [9.17, 15) is 9.18 Å². The molecule has 0 bridgehead atoms. The van der Waals surface area contributed by atoms with Crippen LogP contribution in [0.3, 0.4) is 0 Å². The Balaban J connectivity index is 2.75. The van der Waals surface area contributed by atoms with Gasteiger partial charge in [0.15, 0.2) is 6.10 Å². The van der Waals surface area contributed by atoms with Gasteiger partial charge in [-0.05, 0) is 24.6 Å². The summed E-state index contributed by atoms with van der Waals surface area (Å²) in [6, 6.07) is 5.51. The maximum atomic E-state index is 12.8. The molecule has 0 radical (unpaired) electrons. The Kier molecular flexibility index (Phi) is 3.97. The molecule has 0 aliphatic heterocycles. The molecule has 1 aromatic carbocycles. The zero-order valence-electron chi connectivity index (χ0n) is 8.61. The number of nitriles is 1. The van der Waals surface area contributed by atoms with Crippen LogP contribution >= 0.6 is 0 Å². The maximum absolute atomic E-state index is 12.8. The Bertz CT molecular complexity index is 439. The molecule has 0 amide bonds. The van der Waals surface area contributed by atoms with Crippen LogP contribution in [-0.4, -0.2) is 17.2 Å². The molecular weight excluding hydrogens is 213 g/mol. The fraction of sp³-hybridized carbons (Fsp3) is 0.273. The van der Waals surface area contributed by atoms with Crippen LogP contribution in [0.5, 0.6) is 0 Å². The van der Waals surface area contributed by atoms with Gasteiger partial charge in [0.1, 0.15) is 5.82 Å². The van der Waals surface area contributed by atoms with Crippen LogP contribution in [-0.2, 0) is 16.1 Å². The van der Waals surface area contributed by atoms with E-state index in [1.54, 1.807) is 0 Å². The van der Waals surface area contributed by atoms with Crippen molar-refractivity contribution in [2.24, 2.45) is 0 Å². The number of hydrogen-bond donors (Lipinski definition) is 1. The number of nitrogens with zero attached hydrogens (tertiary/aromatic N) is 1. The molecule has 0 fully saturated rings. The summed E-state index contributed by atoms with van der Waals surface area (Å²) in [5.41, 5.74) is 0.620. The molecule has 0 saturated heterocycles. The average molecular weight is 223 g/mol. The summed E-state index contributed by atoms with van der Waals surface area (Å²) < 4.78 is 17.8. The number of carboxylic acid groups (broad SMARTS) is 1. The number of carboxylic acids is 1. The van der Waals surface area contributed by atoms with E-state index < -0.39 is 17.9 Å². The van der Waals surface area contributed by atoms with E-state index in [1.165, 1.54) is 19.1 Å². The molecule has 1 aromatic rings. The van der Waals surface area contributed by atoms with Crippen molar-refractivity contribution in [1.82, 2.24) is 0 Å². The van der Waals surface area contributed by atoms with Crippen molar-refractivity contribution in [2.45, 2.75) is 19.6 Å². The lowest BCUT2D eigenvalue weighted by Gasteiger charge is -2.09. The van der Waals surface area contributed by atoms with Crippen LogP contribution in [0.4, 0.5) is 4.39 Å². The van der Waals surface area contributed by atoms with E-state index in [2.05, 4.69) is 0 Å². The molecule has 0 heterocycles. The second-order valence-electron chi connectivity index (χ2n) is 3.20. The zero-order valence-corrected chi connectivity index (χ0v) is 8.61. The van der Waals surface area contributed by atoms with E-state index in [4.69, 9.17) is 15.1 Å². The van der Waals surface area contributed by atoms with Crippen LogP contribution in [0.25, 0.3) is 0 Å². The lowest BCUT2D eigenvalue weighted by Crippen LogP contribution is -2.19. The molecule has 5 heteroatoms. The molecular formula is C11H10FNO3. The lowest BCUT2D eigenvalue weighted by atomic mass is 10.1. The monoisotopic (exact) mass is 223 g/mol. The van der Waals surface area contributed by atoms with Crippen molar-refractivity contribution < 1.29 is 19.0 Å². The molecule has 84 valence electrons. The molecule has 0 aromatic heterocycles. The van der Waals surface area contributed by atoms with Crippen LogP contribution in [0.1, 0.15) is 18.1 Å². The predicted molar refractivity (Wildman–Crippen MR) is 53.0 cm³/mol. The summed E-state index contributed by atoms with van der Waals surface area (Å²) in [5.74, 6) is -1.59. The highest BCUT2D eigenvalue weighted by molar-refractivity contribution is 5.71. The normalized spacial score (nSPS) is 11.8. The van der Waals surface area contributed by atoms with E-state index in [0.717, 1.165) is 6.07 Å². The Hall–Kier alpha value is -1.93. The second kappa shape index (κ2) is 5.24. The van der Waals surface area contributed by atoms with Crippen molar-refractivity contribution in [3.63, 3.8) is 0 Å². The highest BCUT2D eigenvalue weighted by atomic mass is 19.1. The predicted octanol–water partition coefficient (Wildman–Crippen LogP) is 1.69. The fourth-order valence-electron chi connectivity index (χ4n) is 1.06. The van der Waals surface area contributed by atoms with Gasteiger partial charge in [0.05, 0.1) is 18.2 Å². The van der Waals surface area contributed by atoms with Crippen molar-refractivity contribution in [2.75, 3.05) is 0 Å². The third-order valence-electron chi connectivity index (χ3n) is 2.03. The lowest BCUT2D eigenvalue weighted by molar-refractivity contribution is -0.149. The molecule has 1 rings (SSSR count). The first kappa shape index (κ1) is 12.1. The van der Waals surface area contributed by atoms with Gasteiger partial charge in [-0.3, -0.25) is 0 Å². The quantitative estimate of drug-likeness (QED) is 0.843. The number of benzene rings is 1. The summed E-state index contributed by atoms with van der Waals surface area (Å²) in [5, 5.41) is 17.3. The molecule has 4 nitrogen and oxygen atoms in total. The summed E-state index contributed by atoms with van der Waals surface area (Å²) in [4.78, 5) is 10.5. The molecule has 0 saturated carbocycles. The van der Waals surface area contributed by atoms with Gasteiger partial charge in [-0.15, -0.1) is 0 Å². The molecule has 0 unspecified atom stereocenters. The van der Waals surface area contributed by atoms with Crippen molar-refractivity contribution in [1.29, 1.82) is 5.26 Å². The average Bonchev–Trinajstić information content (AvgIpc) is 2.26. The molecule has 1 atom stereocenters. The minimum Gasteiger partial charge on any atom is -0.479 e. The minimum atomic E-state index is -1.08. The first-order valence-corrected chi connectivity index (χ1v) is 4.57. The van der Waals surface area contributed by atoms with Gasteiger partial charge in [0.25, 0.3) is 0 Å². The zero-order chi connectivity index (χ0) is 12.1. The summed E-state index contributed by atoms with van der Waals surface area (Å²) in [7, 11) is 0. The Morgan fingerprint density at radius 2 is 2.38 bits per heavy atom. The Labute approximate surface area is 91.9 Å². The summed E-state index contributed by atoms with van der Waals surface area (Å²) in [6.07, 6.45) is -0.961. The first-order chi connectivity index (χ1) is 7.54. The molecule has 0 aliphatic carbocycles. The van der Waals surface area contributed by atoms with Crippen molar-refractivity contribution >= 4 is 5.97 Å². The fourth-order valence-corrected chi connectivity index (χ4v) is 1.06. The largest absolute Gasteiger partial charge is 0.479 e. The van der Waals surface area contributed by atoms with E-state index in [1.807, 2.05) is 6.07 Å². The number of halogens is 1.